The van der Waals surface area contributed by atoms with Crippen molar-refractivity contribution in [2.45, 2.75) is 57.7 Å². The lowest BCUT2D eigenvalue weighted by atomic mass is 9.84. The smallest absolute Gasteiger partial charge is 0.108 e. The third-order valence-corrected chi connectivity index (χ3v) is 3.92. The number of hydrogen-bond acceptors (Lipinski definition) is 2. The van der Waals surface area contributed by atoms with Crippen LogP contribution in [0.3, 0.4) is 0 Å². The summed E-state index contributed by atoms with van der Waals surface area (Å²) in [5.74, 6) is 0. The van der Waals surface area contributed by atoms with Crippen molar-refractivity contribution in [1.29, 1.82) is 0 Å². The topological polar surface area (TPSA) is 29.5 Å². The molecule has 2 nitrogen and oxygen atoms in total. The summed E-state index contributed by atoms with van der Waals surface area (Å²) in [5, 5.41) is 10.4. The van der Waals surface area contributed by atoms with Crippen LogP contribution in [0.25, 0.3) is 0 Å². The predicted octanol–water partition coefficient (Wildman–Crippen LogP) is 3.59. The van der Waals surface area contributed by atoms with Gasteiger partial charge in [0.25, 0.3) is 0 Å². The highest BCUT2D eigenvalue weighted by molar-refractivity contribution is 5.29. The average Bonchev–Trinajstić information content (AvgIpc) is 2.75. The van der Waals surface area contributed by atoms with Crippen LogP contribution in [0.15, 0.2) is 24.3 Å². The third-order valence-electron chi connectivity index (χ3n) is 3.92. The first kappa shape index (κ1) is 13.6. The molecule has 0 radical (unpaired) electrons. The molecule has 0 aliphatic carbocycles. The Hall–Kier alpha value is -0.860. The molecule has 0 spiro atoms. The predicted molar refractivity (Wildman–Crippen MR) is 73.7 cm³/mol. The van der Waals surface area contributed by atoms with Gasteiger partial charge < -0.3 is 9.84 Å². The summed E-state index contributed by atoms with van der Waals surface area (Å²) in [7, 11) is 0. The van der Waals surface area contributed by atoms with Crippen LogP contribution in [0.1, 0.15) is 57.8 Å². The van der Waals surface area contributed by atoms with Crippen molar-refractivity contribution in [3.63, 3.8) is 0 Å². The Morgan fingerprint density at radius 3 is 2.28 bits per heavy atom. The van der Waals surface area contributed by atoms with Gasteiger partial charge in [-0.3, -0.25) is 0 Å². The summed E-state index contributed by atoms with van der Waals surface area (Å²) in [6.07, 6.45) is 1.43. The van der Waals surface area contributed by atoms with Gasteiger partial charge in [-0.25, -0.2) is 0 Å². The summed E-state index contributed by atoms with van der Waals surface area (Å²) in [5.41, 5.74) is 1.98. The second-order valence-corrected chi connectivity index (χ2v) is 6.54. The lowest BCUT2D eigenvalue weighted by Crippen LogP contribution is -2.31. The van der Waals surface area contributed by atoms with Gasteiger partial charge in [0.05, 0.1) is 5.60 Å². The molecule has 1 aromatic carbocycles. The fourth-order valence-corrected chi connectivity index (χ4v) is 2.53. The van der Waals surface area contributed by atoms with E-state index in [9.17, 15) is 5.11 Å². The van der Waals surface area contributed by atoms with Crippen molar-refractivity contribution in [3.8, 4) is 0 Å². The first-order valence-corrected chi connectivity index (χ1v) is 6.75. The summed E-state index contributed by atoms with van der Waals surface area (Å²) < 4.78 is 5.70. The van der Waals surface area contributed by atoms with E-state index in [1.807, 2.05) is 19.1 Å². The van der Waals surface area contributed by atoms with Gasteiger partial charge in [-0.05, 0) is 36.3 Å². The molecular formula is C16H24O2. The van der Waals surface area contributed by atoms with Crippen LogP contribution >= 0.6 is 0 Å². The summed E-state index contributed by atoms with van der Waals surface area (Å²) >= 11 is 0. The van der Waals surface area contributed by atoms with Gasteiger partial charge >= 0.3 is 0 Å². The monoisotopic (exact) mass is 248 g/mol. The Labute approximate surface area is 110 Å². The normalized spacial score (nSPS) is 26.3. The van der Waals surface area contributed by atoms with E-state index in [0.717, 1.165) is 25.0 Å². The fraction of sp³-hybridized carbons (Fsp3) is 0.625. The van der Waals surface area contributed by atoms with Crippen LogP contribution in [-0.2, 0) is 10.2 Å². The van der Waals surface area contributed by atoms with Gasteiger partial charge in [-0.1, -0.05) is 45.0 Å². The Bertz CT molecular complexity index is 394. The van der Waals surface area contributed by atoms with Crippen LogP contribution < -0.4 is 0 Å². The van der Waals surface area contributed by atoms with E-state index in [1.54, 1.807) is 0 Å². The molecule has 1 fully saturated rings. The molecule has 1 aliphatic heterocycles. The average molecular weight is 248 g/mol. The molecule has 1 aliphatic rings. The highest BCUT2D eigenvalue weighted by atomic mass is 16.5. The van der Waals surface area contributed by atoms with E-state index in [2.05, 4.69) is 32.9 Å². The zero-order valence-corrected chi connectivity index (χ0v) is 11.9. The minimum absolute atomic E-state index is 0.150. The standard InChI is InChI=1S/C16H24O2/c1-15(2,3)13-8-6-12(7-9-13)14(17)16(4)10-5-11-18-16/h6-9,14,17H,5,10-11H2,1-4H3. The van der Waals surface area contributed by atoms with E-state index >= 15 is 0 Å². The molecule has 0 saturated carbocycles. The molecule has 1 N–H and O–H groups in total. The maximum Gasteiger partial charge on any atom is 0.108 e. The highest BCUT2D eigenvalue weighted by Gasteiger charge is 2.38. The molecule has 100 valence electrons. The summed E-state index contributed by atoms with van der Waals surface area (Å²) in [4.78, 5) is 0. The van der Waals surface area contributed by atoms with Crippen molar-refractivity contribution >= 4 is 0 Å². The number of ether oxygens (including phenoxy) is 1. The number of hydrogen-bond donors (Lipinski definition) is 1. The first-order valence-electron chi connectivity index (χ1n) is 6.75. The van der Waals surface area contributed by atoms with Crippen LogP contribution in [-0.4, -0.2) is 17.3 Å². The molecule has 0 amide bonds. The molecule has 1 aromatic rings. The summed E-state index contributed by atoms with van der Waals surface area (Å²) in [6, 6.07) is 8.27. The van der Waals surface area contributed by atoms with Gasteiger partial charge in [0, 0.05) is 6.61 Å². The highest BCUT2D eigenvalue weighted by Crippen LogP contribution is 2.37. The maximum atomic E-state index is 10.4. The zero-order valence-electron chi connectivity index (χ0n) is 11.9. The molecule has 1 saturated heterocycles. The van der Waals surface area contributed by atoms with Gasteiger partial charge in [-0.2, -0.15) is 0 Å². The van der Waals surface area contributed by atoms with Crippen LogP contribution in [0, 0.1) is 0 Å². The van der Waals surface area contributed by atoms with Gasteiger partial charge in [-0.15, -0.1) is 0 Å². The second kappa shape index (κ2) is 4.67. The van der Waals surface area contributed by atoms with Crippen molar-refractivity contribution in [2.24, 2.45) is 0 Å². The molecule has 2 unspecified atom stereocenters. The molecule has 2 atom stereocenters. The van der Waals surface area contributed by atoms with E-state index in [4.69, 9.17) is 4.74 Å². The molecular weight excluding hydrogens is 224 g/mol. The van der Waals surface area contributed by atoms with Crippen LogP contribution in [0.4, 0.5) is 0 Å². The third kappa shape index (κ3) is 2.60. The van der Waals surface area contributed by atoms with Crippen LogP contribution in [0.2, 0.25) is 0 Å². The SMILES string of the molecule is CC(C)(C)c1ccc(C(O)C2(C)CCCO2)cc1. The quantitative estimate of drug-likeness (QED) is 0.866. The zero-order chi connectivity index (χ0) is 13.4. The van der Waals surface area contributed by atoms with Crippen molar-refractivity contribution in [1.82, 2.24) is 0 Å². The largest absolute Gasteiger partial charge is 0.385 e. The van der Waals surface area contributed by atoms with Gasteiger partial charge in [0.2, 0.25) is 0 Å². The van der Waals surface area contributed by atoms with Crippen molar-refractivity contribution in [2.75, 3.05) is 6.61 Å². The number of aliphatic hydroxyl groups is 1. The number of benzene rings is 1. The first-order chi connectivity index (χ1) is 8.33. The van der Waals surface area contributed by atoms with E-state index in [1.165, 1.54) is 5.56 Å². The van der Waals surface area contributed by atoms with Crippen LogP contribution in [0.5, 0.6) is 0 Å². The Kier molecular flexibility index (Phi) is 3.52. The Balaban J connectivity index is 2.19. The number of rotatable bonds is 2. The molecule has 2 heteroatoms. The van der Waals surface area contributed by atoms with E-state index < -0.39 is 11.7 Å². The van der Waals surface area contributed by atoms with Crippen molar-refractivity contribution in [3.05, 3.63) is 35.4 Å². The second-order valence-electron chi connectivity index (χ2n) is 6.54. The molecule has 0 aromatic heterocycles. The molecule has 1 heterocycles. The minimum atomic E-state index is -0.533. The van der Waals surface area contributed by atoms with Gasteiger partial charge in [0.15, 0.2) is 0 Å². The van der Waals surface area contributed by atoms with E-state index in [0.29, 0.717) is 0 Å². The number of aliphatic hydroxyl groups excluding tert-OH is 1. The fourth-order valence-electron chi connectivity index (χ4n) is 2.53. The lowest BCUT2D eigenvalue weighted by molar-refractivity contribution is -0.0796. The van der Waals surface area contributed by atoms with E-state index in [-0.39, 0.29) is 5.41 Å². The Morgan fingerprint density at radius 2 is 1.83 bits per heavy atom. The Morgan fingerprint density at radius 1 is 1.22 bits per heavy atom. The molecule has 18 heavy (non-hydrogen) atoms. The lowest BCUT2D eigenvalue weighted by Gasteiger charge is -2.30. The van der Waals surface area contributed by atoms with Crippen molar-refractivity contribution < 1.29 is 9.84 Å². The maximum absolute atomic E-state index is 10.4. The van der Waals surface area contributed by atoms with Gasteiger partial charge in [0.1, 0.15) is 6.10 Å². The molecule has 2 rings (SSSR count). The minimum Gasteiger partial charge on any atom is -0.385 e. The summed E-state index contributed by atoms with van der Waals surface area (Å²) in [6.45, 7) is 9.34. The molecule has 0 bridgehead atoms.